The van der Waals surface area contributed by atoms with Crippen LogP contribution in [0.2, 0.25) is 0 Å². The molecule has 0 aliphatic heterocycles. The zero-order valence-corrected chi connectivity index (χ0v) is 10.6. The standard InChI is InChI=1S/C13H15NO3S/c15-12(14-11(8-9-18)13(16)17)7-6-10-4-2-1-3-5-10/h1-7,11,18H,8-9H2,(H,14,15)(H,16,17)/b7-6+. The topological polar surface area (TPSA) is 66.4 Å². The summed E-state index contributed by atoms with van der Waals surface area (Å²) < 4.78 is 0. The average Bonchev–Trinajstić information content (AvgIpc) is 2.37. The van der Waals surface area contributed by atoms with E-state index in [0.717, 1.165) is 5.56 Å². The summed E-state index contributed by atoms with van der Waals surface area (Å²) in [6, 6.07) is 8.41. The maximum atomic E-state index is 11.5. The normalized spacial score (nSPS) is 12.3. The van der Waals surface area contributed by atoms with Gasteiger partial charge < -0.3 is 10.4 Å². The molecule has 1 unspecified atom stereocenters. The first-order chi connectivity index (χ1) is 8.63. The van der Waals surface area contributed by atoms with Crippen molar-refractivity contribution in [2.75, 3.05) is 5.75 Å². The number of thiol groups is 1. The van der Waals surface area contributed by atoms with Crippen LogP contribution in [0.4, 0.5) is 0 Å². The number of carbonyl (C=O) groups excluding carboxylic acids is 1. The third kappa shape index (κ3) is 5.05. The van der Waals surface area contributed by atoms with Crippen LogP contribution >= 0.6 is 12.6 Å². The monoisotopic (exact) mass is 265 g/mol. The lowest BCUT2D eigenvalue weighted by Crippen LogP contribution is -2.40. The highest BCUT2D eigenvalue weighted by Gasteiger charge is 2.17. The molecule has 1 aromatic rings. The lowest BCUT2D eigenvalue weighted by molar-refractivity contribution is -0.141. The number of benzene rings is 1. The quantitative estimate of drug-likeness (QED) is 0.540. The lowest BCUT2D eigenvalue weighted by atomic mass is 10.2. The summed E-state index contributed by atoms with van der Waals surface area (Å²) in [7, 11) is 0. The molecule has 0 bridgehead atoms. The molecular formula is C13H15NO3S. The van der Waals surface area contributed by atoms with Gasteiger partial charge in [-0.1, -0.05) is 30.3 Å². The van der Waals surface area contributed by atoms with Crippen LogP contribution in [0.15, 0.2) is 36.4 Å². The third-order valence-corrected chi connectivity index (χ3v) is 2.52. The van der Waals surface area contributed by atoms with Crippen molar-refractivity contribution in [1.82, 2.24) is 5.32 Å². The SMILES string of the molecule is O=C(/C=C/c1ccccc1)NC(CCS)C(=O)O. The Hall–Kier alpha value is -1.75. The molecule has 2 N–H and O–H groups in total. The first-order valence-electron chi connectivity index (χ1n) is 5.51. The Bertz CT molecular complexity index is 431. The zero-order chi connectivity index (χ0) is 13.4. The Morgan fingerprint density at radius 2 is 2.00 bits per heavy atom. The molecular weight excluding hydrogens is 250 g/mol. The lowest BCUT2D eigenvalue weighted by Gasteiger charge is -2.11. The second kappa shape index (κ2) is 7.55. The molecule has 1 aromatic carbocycles. The fourth-order valence-electron chi connectivity index (χ4n) is 1.34. The molecule has 0 fully saturated rings. The Kier molecular flexibility index (Phi) is 6.00. The van der Waals surface area contributed by atoms with Gasteiger partial charge >= 0.3 is 5.97 Å². The van der Waals surface area contributed by atoms with E-state index in [0.29, 0.717) is 12.2 Å². The van der Waals surface area contributed by atoms with Crippen LogP contribution in [-0.4, -0.2) is 28.8 Å². The van der Waals surface area contributed by atoms with Gasteiger partial charge in [-0.15, -0.1) is 0 Å². The molecule has 0 aromatic heterocycles. The number of nitrogens with one attached hydrogen (secondary N) is 1. The van der Waals surface area contributed by atoms with Gasteiger partial charge in [0.1, 0.15) is 6.04 Å². The summed E-state index contributed by atoms with van der Waals surface area (Å²) in [6.07, 6.45) is 3.25. The fraction of sp³-hybridized carbons (Fsp3) is 0.231. The van der Waals surface area contributed by atoms with E-state index in [2.05, 4.69) is 17.9 Å². The van der Waals surface area contributed by atoms with E-state index in [1.165, 1.54) is 6.08 Å². The van der Waals surface area contributed by atoms with Gasteiger partial charge in [0.05, 0.1) is 0 Å². The number of carboxylic acids is 1. The smallest absolute Gasteiger partial charge is 0.326 e. The van der Waals surface area contributed by atoms with E-state index in [1.54, 1.807) is 6.08 Å². The molecule has 5 heteroatoms. The van der Waals surface area contributed by atoms with Gasteiger partial charge in [-0.2, -0.15) is 12.6 Å². The van der Waals surface area contributed by atoms with Gasteiger partial charge in [0.2, 0.25) is 5.91 Å². The molecule has 0 saturated heterocycles. The van der Waals surface area contributed by atoms with Crippen molar-refractivity contribution in [2.45, 2.75) is 12.5 Å². The number of amides is 1. The average molecular weight is 265 g/mol. The molecule has 18 heavy (non-hydrogen) atoms. The van der Waals surface area contributed by atoms with Crippen LogP contribution < -0.4 is 5.32 Å². The first-order valence-corrected chi connectivity index (χ1v) is 6.14. The number of hydrogen-bond donors (Lipinski definition) is 3. The van der Waals surface area contributed by atoms with Crippen molar-refractivity contribution >= 4 is 30.6 Å². The predicted octanol–water partition coefficient (Wildman–Crippen LogP) is 1.59. The summed E-state index contributed by atoms with van der Waals surface area (Å²) in [5.74, 6) is -1.07. The highest BCUT2D eigenvalue weighted by atomic mass is 32.1. The summed E-state index contributed by atoms with van der Waals surface area (Å²) in [4.78, 5) is 22.3. The molecule has 4 nitrogen and oxygen atoms in total. The highest BCUT2D eigenvalue weighted by molar-refractivity contribution is 7.80. The van der Waals surface area contributed by atoms with E-state index >= 15 is 0 Å². The second-order valence-corrected chi connectivity index (χ2v) is 4.10. The molecule has 0 aliphatic carbocycles. The van der Waals surface area contributed by atoms with Gasteiger partial charge in [-0.05, 0) is 23.8 Å². The van der Waals surface area contributed by atoms with Crippen molar-refractivity contribution in [3.8, 4) is 0 Å². The van der Waals surface area contributed by atoms with E-state index < -0.39 is 17.9 Å². The zero-order valence-electron chi connectivity index (χ0n) is 9.74. The third-order valence-electron chi connectivity index (χ3n) is 2.26. The Balaban J connectivity index is 2.55. The van der Waals surface area contributed by atoms with Crippen molar-refractivity contribution in [3.05, 3.63) is 42.0 Å². The molecule has 0 saturated carbocycles. The molecule has 96 valence electrons. The van der Waals surface area contributed by atoms with Crippen LogP contribution in [0.25, 0.3) is 6.08 Å². The number of carbonyl (C=O) groups is 2. The van der Waals surface area contributed by atoms with Crippen LogP contribution in [0.5, 0.6) is 0 Å². The van der Waals surface area contributed by atoms with Crippen LogP contribution in [0, 0.1) is 0 Å². The number of rotatable bonds is 6. The maximum Gasteiger partial charge on any atom is 0.326 e. The minimum atomic E-state index is -1.05. The molecule has 0 radical (unpaired) electrons. The largest absolute Gasteiger partial charge is 0.480 e. The Labute approximate surface area is 111 Å². The van der Waals surface area contributed by atoms with Crippen molar-refractivity contribution < 1.29 is 14.7 Å². The van der Waals surface area contributed by atoms with Crippen molar-refractivity contribution in [3.63, 3.8) is 0 Å². The van der Waals surface area contributed by atoms with Crippen molar-refractivity contribution in [1.29, 1.82) is 0 Å². The minimum absolute atomic E-state index is 0.295. The van der Waals surface area contributed by atoms with Crippen LogP contribution in [0.1, 0.15) is 12.0 Å². The van der Waals surface area contributed by atoms with Gasteiger partial charge in [-0.3, -0.25) is 4.79 Å². The van der Waals surface area contributed by atoms with E-state index in [-0.39, 0.29) is 0 Å². The molecule has 0 heterocycles. The summed E-state index contributed by atoms with van der Waals surface area (Å²) >= 11 is 3.95. The van der Waals surface area contributed by atoms with E-state index in [9.17, 15) is 9.59 Å². The fourth-order valence-corrected chi connectivity index (χ4v) is 1.60. The summed E-state index contributed by atoms with van der Waals surface area (Å²) in [6.45, 7) is 0. The van der Waals surface area contributed by atoms with E-state index in [1.807, 2.05) is 30.3 Å². The summed E-state index contributed by atoms with van der Waals surface area (Å²) in [5, 5.41) is 11.3. The molecule has 0 aliphatic rings. The van der Waals surface area contributed by atoms with Gasteiger partial charge in [0.15, 0.2) is 0 Å². The van der Waals surface area contributed by atoms with Crippen molar-refractivity contribution in [2.24, 2.45) is 0 Å². The summed E-state index contributed by atoms with van der Waals surface area (Å²) in [5.41, 5.74) is 0.883. The van der Waals surface area contributed by atoms with Gasteiger partial charge in [-0.25, -0.2) is 4.79 Å². The molecule has 0 spiro atoms. The Morgan fingerprint density at radius 3 is 2.56 bits per heavy atom. The maximum absolute atomic E-state index is 11.5. The number of hydrogen-bond acceptors (Lipinski definition) is 3. The van der Waals surface area contributed by atoms with E-state index in [4.69, 9.17) is 5.11 Å². The first kappa shape index (κ1) is 14.3. The number of carboxylic acid groups (broad SMARTS) is 1. The minimum Gasteiger partial charge on any atom is -0.480 e. The molecule has 1 amide bonds. The van der Waals surface area contributed by atoms with Crippen LogP contribution in [0.3, 0.4) is 0 Å². The number of aliphatic carboxylic acids is 1. The van der Waals surface area contributed by atoms with Gasteiger partial charge in [0.25, 0.3) is 0 Å². The second-order valence-electron chi connectivity index (χ2n) is 3.66. The Morgan fingerprint density at radius 1 is 1.33 bits per heavy atom. The molecule has 1 rings (SSSR count). The molecule has 1 atom stereocenters. The van der Waals surface area contributed by atoms with Gasteiger partial charge in [0, 0.05) is 6.08 Å². The van der Waals surface area contributed by atoms with Crippen LogP contribution in [-0.2, 0) is 9.59 Å². The predicted molar refractivity (Wildman–Crippen MR) is 73.5 cm³/mol. The highest BCUT2D eigenvalue weighted by Crippen LogP contribution is 2.01.